The number of nitrogens with one attached hydrogen (secondary N) is 1. The molecule has 0 saturated carbocycles. The van der Waals surface area contributed by atoms with E-state index >= 15 is 0 Å². The van der Waals surface area contributed by atoms with Gasteiger partial charge >= 0.3 is 0 Å². The molecule has 0 fully saturated rings. The molecule has 0 spiro atoms. The van der Waals surface area contributed by atoms with Crippen LogP contribution in [0.1, 0.15) is 16.2 Å². The van der Waals surface area contributed by atoms with Crippen LogP contribution in [0.2, 0.25) is 0 Å². The lowest BCUT2D eigenvalue weighted by molar-refractivity contribution is -0.123. The zero-order chi connectivity index (χ0) is 21.5. The topological polar surface area (TPSA) is 73.2 Å². The molecule has 6 heteroatoms. The summed E-state index contributed by atoms with van der Waals surface area (Å²) in [6, 6.07) is 26.2. The van der Waals surface area contributed by atoms with Crippen molar-refractivity contribution < 1.29 is 14.3 Å². The van der Waals surface area contributed by atoms with E-state index in [4.69, 9.17) is 4.74 Å². The molecule has 4 rings (SSSR count). The van der Waals surface area contributed by atoms with Gasteiger partial charge in [0, 0.05) is 18.5 Å². The predicted molar refractivity (Wildman–Crippen MR) is 119 cm³/mol. The molecular formula is C25H23N3O3. The van der Waals surface area contributed by atoms with E-state index in [1.807, 2.05) is 77.4 Å². The Morgan fingerprint density at radius 2 is 1.55 bits per heavy atom. The van der Waals surface area contributed by atoms with Crippen molar-refractivity contribution in [1.82, 2.24) is 14.9 Å². The fraction of sp³-hybridized carbons (Fsp3) is 0.160. The van der Waals surface area contributed by atoms with Crippen molar-refractivity contribution in [3.05, 3.63) is 96.3 Å². The maximum atomic E-state index is 12.8. The van der Waals surface area contributed by atoms with Gasteiger partial charge in [0.2, 0.25) is 0 Å². The molecular weight excluding hydrogens is 390 g/mol. The Kier molecular flexibility index (Phi) is 6.38. The second-order valence-electron chi connectivity index (χ2n) is 7.09. The van der Waals surface area contributed by atoms with Gasteiger partial charge in [-0.1, -0.05) is 60.7 Å². The first-order chi connectivity index (χ1) is 15.2. The number of hydrogen-bond donors (Lipinski definition) is 1. The lowest BCUT2D eigenvalue weighted by Gasteiger charge is -2.10. The van der Waals surface area contributed by atoms with Crippen LogP contribution in [-0.2, 0) is 17.8 Å². The number of ketones is 1. The van der Waals surface area contributed by atoms with Crippen LogP contribution in [-0.4, -0.2) is 34.4 Å². The van der Waals surface area contributed by atoms with Gasteiger partial charge in [-0.15, -0.1) is 0 Å². The second kappa shape index (κ2) is 9.71. The molecule has 1 heterocycles. The number of benzene rings is 3. The first kappa shape index (κ1) is 20.3. The van der Waals surface area contributed by atoms with Crippen LogP contribution in [0.15, 0.2) is 84.9 Å². The van der Waals surface area contributed by atoms with Crippen molar-refractivity contribution >= 4 is 22.7 Å². The Balaban J connectivity index is 1.40. The van der Waals surface area contributed by atoms with Gasteiger partial charge in [-0.05, 0) is 24.3 Å². The molecule has 4 aromatic rings. The van der Waals surface area contributed by atoms with Crippen LogP contribution in [0.5, 0.6) is 5.75 Å². The summed E-state index contributed by atoms with van der Waals surface area (Å²) < 4.78 is 7.39. The summed E-state index contributed by atoms with van der Waals surface area (Å²) in [5.41, 5.74) is 2.40. The van der Waals surface area contributed by atoms with E-state index in [2.05, 4.69) is 10.3 Å². The number of para-hydroxylation sites is 3. The first-order valence-corrected chi connectivity index (χ1v) is 10.2. The molecule has 156 valence electrons. The normalized spacial score (nSPS) is 10.7. The SMILES string of the molecule is O=C(COc1ccccc1)NCCc1nc2ccccc2n1CC(=O)c1ccccc1. The number of nitrogens with zero attached hydrogens (tertiary/aromatic N) is 2. The highest BCUT2D eigenvalue weighted by molar-refractivity contribution is 5.96. The zero-order valence-corrected chi connectivity index (χ0v) is 17.0. The number of Topliss-reactive ketones (excluding diaryl/α,β-unsaturated/α-hetero) is 1. The molecule has 0 radical (unpaired) electrons. The summed E-state index contributed by atoms with van der Waals surface area (Å²) in [5.74, 6) is 1.23. The quantitative estimate of drug-likeness (QED) is 0.425. The average molecular weight is 413 g/mol. The first-order valence-electron chi connectivity index (χ1n) is 10.2. The average Bonchev–Trinajstić information content (AvgIpc) is 3.16. The highest BCUT2D eigenvalue weighted by Gasteiger charge is 2.15. The summed E-state index contributed by atoms with van der Waals surface area (Å²) in [6.45, 7) is 0.553. The molecule has 6 nitrogen and oxygen atoms in total. The van der Waals surface area contributed by atoms with E-state index in [0.717, 1.165) is 16.9 Å². The molecule has 0 aliphatic rings. The van der Waals surface area contributed by atoms with Gasteiger partial charge in [0.15, 0.2) is 12.4 Å². The van der Waals surface area contributed by atoms with Crippen LogP contribution < -0.4 is 10.1 Å². The maximum absolute atomic E-state index is 12.8. The van der Waals surface area contributed by atoms with Crippen molar-refractivity contribution in [3.8, 4) is 5.75 Å². The van der Waals surface area contributed by atoms with E-state index in [0.29, 0.717) is 24.3 Å². The highest BCUT2D eigenvalue weighted by Crippen LogP contribution is 2.17. The van der Waals surface area contributed by atoms with Gasteiger partial charge in [0.1, 0.15) is 11.6 Å². The van der Waals surface area contributed by atoms with Gasteiger partial charge in [0.05, 0.1) is 17.6 Å². The number of amides is 1. The number of fused-ring (bicyclic) bond motifs is 1. The van der Waals surface area contributed by atoms with Gasteiger partial charge in [-0.2, -0.15) is 0 Å². The van der Waals surface area contributed by atoms with Crippen molar-refractivity contribution in [1.29, 1.82) is 0 Å². The number of rotatable bonds is 9. The summed E-state index contributed by atoms with van der Waals surface area (Å²) in [5, 5.41) is 2.86. The summed E-state index contributed by atoms with van der Waals surface area (Å²) in [7, 11) is 0. The molecule has 0 aliphatic heterocycles. The molecule has 1 N–H and O–H groups in total. The van der Waals surface area contributed by atoms with Crippen molar-refractivity contribution in [3.63, 3.8) is 0 Å². The minimum absolute atomic E-state index is 0.0188. The summed E-state index contributed by atoms with van der Waals surface area (Å²) in [6.07, 6.45) is 0.508. The number of ether oxygens (including phenoxy) is 1. The zero-order valence-electron chi connectivity index (χ0n) is 17.0. The maximum Gasteiger partial charge on any atom is 0.257 e. The van der Waals surface area contributed by atoms with E-state index < -0.39 is 0 Å². The van der Waals surface area contributed by atoms with E-state index in [1.54, 1.807) is 12.1 Å². The molecule has 0 bridgehead atoms. The van der Waals surface area contributed by atoms with Crippen LogP contribution in [0.3, 0.4) is 0 Å². The molecule has 0 saturated heterocycles. The molecule has 1 amide bonds. The van der Waals surface area contributed by atoms with E-state index in [1.165, 1.54) is 0 Å². The minimum Gasteiger partial charge on any atom is -0.484 e. The Morgan fingerprint density at radius 1 is 0.871 bits per heavy atom. The molecule has 1 aromatic heterocycles. The van der Waals surface area contributed by atoms with E-state index in [-0.39, 0.29) is 24.8 Å². The fourth-order valence-electron chi connectivity index (χ4n) is 3.38. The molecule has 3 aromatic carbocycles. The fourth-order valence-corrected chi connectivity index (χ4v) is 3.38. The number of carbonyl (C=O) groups excluding carboxylic acids is 2. The standard InChI is InChI=1S/C25H23N3O3/c29-23(19-9-3-1-4-10-19)17-28-22-14-8-7-13-21(22)27-24(28)15-16-26-25(30)18-31-20-11-5-2-6-12-20/h1-14H,15-18H2,(H,26,30). The molecule has 0 aliphatic carbocycles. The van der Waals surface area contributed by atoms with Gasteiger partial charge in [-0.3, -0.25) is 9.59 Å². The third-order valence-corrected chi connectivity index (χ3v) is 4.92. The number of imidazole rings is 1. The molecule has 0 atom stereocenters. The number of carbonyl (C=O) groups is 2. The van der Waals surface area contributed by atoms with Crippen LogP contribution in [0.4, 0.5) is 0 Å². The minimum atomic E-state index is -0.202. The lowest BCUT2D eigenvalue weighted by Crippen LogP contribution is -2.31. The lowest BCUT2D eigenvalue weighted by atomic mass is 10.1. The van der Waals surface area contributed by atoms with Crippen LogP contribution >= 0.6 is 0 Å². The van der Waals surface area contributed by atoms with Gasteiger partial charge in [0.25, 0.3) is 5.91 Å². The highest BCUT2D eigenvalue weighted by atomic mass is 16.5. The number of aromatic nitrogens is 2. The van der Waals surface area contributed by atoms with Crippen LogP contribution in [0.25, 0.3) is 11.0 Å². The van der Waals surface area contributed by atoms with Crippen molar-refractivity contribution in [2.75, 3.05) is 13.2 Å². The van der Waals surface area contributed by atoms with Crippen molar-refractivity contribution in [2.45, 2.75) is 13.0 Å². The van der Waals surface area contributed by atoms with Gasteiger partial charge in [-0.25, -0.2) is 4.98 Å². The summed E-state index contributed by atoms with van der Waals surface area (Å²) >= 11 is 0. The largest absolute Gasteiger partial charge is 0.484 e. The number of hydrogen-bond acceptors (Lipinski definition) is 4. The monoisotopic (exact) mass is 413 g/mol. The third-order valence-electron chi connectivity index (χ3n) is 4.92. The third kappa shape index (κ3) is 5.17. The van der Waals surface area contributed by atoms with E-state index in [9.17, 15) is 9.59 Å². The van der Waals surface area contributed by atoms with Crippen molar-refractivity contribution in [2.24, 2.45) is 0 Å². The second-order valence-corrected chi connectivity index (χ2v) is 7.09. The Hall–Kier alpha value is -3.93. The van der Waals surface area contributed by atoms with Gasteiger partial charge < -0.3 is 14.6 Å². The molecule has 31 heavy (non-hydrogen) atoms. The Bertz CT molecular complexity index is 1170. The van der Waals surface area contributed by atoms with Crippen LogP contribution in [0, 0.1) is 0 Å². The Morgan fingerprint density at radius 3 is 2.32 bits per heavy atom. The smallest absolute Gasteiger partial charge is 0.257 e. The summed E-state index contributed by atoms with van der Waals surface area (Å²) in [4.78, 5) is 29.6. The molecule has 0 unspecified atom stereocenters. The predicted octanol–water partition coefficient (Wildman–Crippen LogP) is 3.66. The Labute approximate surface area is 180 Å².